The van der Waals surface area contributed by atoms with Gasteiger partial charge in [-0.15, -0.1) is 0 Å². The number of benzene rings is 3. The predicted molar refractivity (Wildman–Crippen MR) is 149 cm³/mol. The fourth-order valence-electron chi connectivity index (χ4n) is 6.18. The lowest BCUT2D eigenvalue weighted by Gasteiger charge is -2.30. The Morgan fingerprint density at radius 2 is 1.68 bits per heavy atom. The molecule has 1 atom stereocenters. The zero-order valence-corrected chi connectivity index (χ0v) is 21.9. The summed E-state index contributed by atoms with van der Waals surface area (Å²) in [7, 11) is 1.68. The molecule has 0 spiro atoms. The summed E-state index contributed by atoms with van der Waals surface area (Å²) in [5.41, 5.74) is 2.58. The minimum Gasteiger partial charge on any atom is -0.493 e. The summed E-state index contributed by atoms with van der Waals surface area (Å²) in [4.78, 5) is 20.6. The second-order valence-corrected chi connectivity index (χ2v) is 10.7. The van der Waals surface area contributed by atoms with Gasteiger partial charge in [0.1, 0.15) is 0 Å². The summed E-state index contributed by atoms with van der Waals surface area (Å²) in [5, 5.41) is 2.41. The molecule has 1 unspecified atom stereocenters. The van der Waals surface area contributed by atoms with Crippen LogP contribution in [0.1, 0.15) is 48.8 Å². The summed E-state index contributed by atoms with van der Waals surface area (Å²) in [6, 6.07) is 25.0. The molecule has 1 saturated heterocycles. The Labute approximate surface area is 224 Å². The van der Waals surface area contributed by atoms with Gasteiger partial charge in [-0.25, -0.2) is 0 Å². The Balaban J connectivity index is 1.34. The second kappa shape index (κ2) is 10.5. The van der Waals surface area contributed by atoms with Gasteiger partial charge in [0.15, 0.2) is 11.5 Å². The summed E-state index contributed by atoms with van der Waals surface area (Å²) < 4.78 is 12.1. The summed E-state index contributed by atoms with van der Waals surface area (Å²) >= 11 is 0. The van der Waals surface area contributed by atoms with E-state index in [2.05, 4.69) is 59.6 Å². The van der Waals surface area contributed by atoms with Crippen LogP contribution in [0, 0.1) is 0 Å². The van der Waals surface area contributed by atoms with Crippen LogP contribution < -0.4 is 9.47 Å². The molecular formula is C33H34N2O3. The van der Waals surface area contributed by atoms with Crippen LogP contribution in [0.25, 0.3) is 10.8 Å². The number of fused-ring (bicyclic) bond motifs is 1. The Morgan fingerprint density at radius 1 is 0.895 bits per heavy atom. The third-order valence-electron chi connectivity index (χ3n) is 8.26. The van der Waals surface area contributed by atoms with Crippen molar-refractivity contribution in [3.63, 3.8) is 0 Å². The fraction of sp³-hybridized carbons (Fsp3) is 0.333. The number of aromatic nitrogens is 1. The van der Waals surface area contributed by atoms with Crippen molar-refractivity contribution in [2.45, 2.75) is 56.6 Å². The quantitative estimate of drug-likeness (QED) is 0.275. The number of hydrogen-bond acceptors (Lipinski definition) is 4. The summed E-state index contributed by atoms with van der Waals surface area (Å²) in [6.07, 6.45) is 9.70. The van der Waals surface area contributed by atoms with Crippen LogP contribution in [0.3, 0.4) is 0 Å². The summed E-state index contributed by atoms with van der Waals surface area (Å²) in [6.45, 7) is 1.31. The van der Waals surface area contributed by atoms with Gasteiger partial charge in [0.05, 0.1) is 18.6 Å². The Hall–Kier alpha value is -3.86. The number of amides is 1. The van der Waals surface area contributed by atoms with Crippen LogP contribution in [0.4, 0.5) is 0 Å². The summed E-state index contributed by atoms with van der Waals surface area (Å²) in [5.74, 6) is 1.63. The molecule has 5 nitrogen and oxygen atoms in total. The van der Waals surface area contributed by atoms with Crippen LogP contribution >= 0.6 is 0 Å². The van der Waals surface area contributed by atoms with Crippen LogP contribution in [-0.4, -0.2) is 35.5 Å². The van der Waals surface area contributed by atoms with Gasteiger partial charge in [-0.2, -0.15) is 0 Å². The number of nitrogens with zero attached hydrogens (tertiary/aromatic N) is 2. The molecule has 2 fully saturated rings. The molecule has 4 aromatic rings. The van der Waals surface area contributed by atoms with Gasteiger partial charge in [-0.3, -0.25) is 9.78 Å². The molecule has 194 valence electrons. The van der Waals surface area contributed by atoms with Gasteiger partial charge in [0.2, 0.25) is 5.91 Å². The first kappa shape index (κ1) is 24.5. The van der Waals surface area contributed by atoms with Crippen LogP contribution in [0.15, 0.2) is 85.2 Å². The van der Waals surface area contributed by atoms with E-state index < -0.39 is 5.41 Å². The largest absolute Gasteiger partial charge is 0.493 e. The van der Waals surface area contributed by atoms with Crippen molar-refractivity contribution in [2.75, 3.05) is 13.7 Å². The van der Waals surface area contributed by atoms with Gasteiger partial charge < -0.3 is 14.4 Å². The second-order valence-electron chi connectivity index (χ2n) is 10.7. The van der Waals surface area contributed by atoms with E-state index in [1.807, 2.05) is 23.1 Å². The molecule has 3 aromatic carbocycles. The van der Waals surface area contributed by atoms with Crippen molar-refractivity contribution >= 4 is 16.7 Å². The van der Waals surface area contributed by atoms with E-state index in [4.69, 9.17) is 9.47 Å². The van der Waals surface area contributed by atoms with E-state index in [0.717, 1.165) is 47.5 Å². The molecule has 1 saturated carbocycles. The standard InChI is InChI=1S/C33H34N2O3/c1-37-30-13-12-28(21-31(30)38-29-8-4-5-9-29)33(22-24-14-17-34-18-15-24)16-19-35(32(33)36)23-25-10-11-26-6-2-3-7-27(26)20-25/h2-3,6-7,10-15,17-18,20-21,29H,4-5,8-9,16,19,22-23H2,1H3. The number of rotatable bonds is 8. The number of methoxy groups -OCH3 is 1. The number of ether oxygens (including phenoxy) is 2. The van der Waals surface area contributed by atoms with Gasteiger partial charge in [0, 0.05) is 25.5 Å². The minimum absolute atomic E-state index is 0.166. The predicted octanol–water partition coefficient (Wildman–Crippen LogP) is 6.48. The highest BCUT2D eigenvalue weighted by Crippen LogP contribution is 2.43. The third kappa shape index (κ3) is 4.73. The highest BCUT2D eigenvalue weighted by Gasteiger charge is 2.48. The van der Waals surface area contributed by atoms with Crippen molar-refractivity contribution in [2.24, 2.45) is 0 Å². The van der Waals surface area contributed by atoms with Crippen LogP contribution in [0.5, 0.6) is 11.5 Å². The Morgan fingerprint density at radius 3 is 2.47 bits per heavy atom. The minimum atomic E-state index is -0.668. The average Bonchev–Trinajstić information content (AvgIpc) is 3.58. The highest BCUT2D eigenvalue weighted by molar-refractivity contribution is 5.91. The Kier molecular flexibility index (Phi) is 6.75. The van der Waals surface area contributed by atoms with Crippen molar-refractivity contribution in [3.8, 4) is 11.5 Å². The van der Waals surface area contributed by atoms with Crippen LogP contribution in [-0.2, 0) is 23.2 Å². The normalized spacial score (nSPS) is 19.8. The first-order valence-electron chi connectivity index (χ1n) is 13.7. The third-order valence-corrected chi connectivity index (χ3v) is 8.26. The first-order valence-corrected chi connectivity index (χ1v) is 13.7. The van der Waals surface area contributed by atoms with E-state index in [1.54, 1.807) is 19.5 Å². The lowest BCUT2D eigenvalue weighted by molar-refractivity contribution is -0.133. The maximum absolute atomic E-state index is 14.3. The van der Waals surface area contributed by atoms with Crippen molar-refractivity contribution in [1.29, 1.82) is 0 Å². The topological polar surface area (TPSA) is 51.7 Å². The molecule has 38 heavy (non-hydrogen) atoms. The molecule has 1 amide bonds. The van der Waals surface area contributed by atoms with E-state index in [9.17, 15) is 4.79 Å². The SMILES string of the molecule is COc1ccc(C2(Cc3ccncc3)CCN(Cc3ccc4ccccc4c3)C2=O)cc1OC1CCCC1. The van der Waals surface area contributed by atoms with Gasteiger partial charge >= 0.3 is 0 Å². The van der Waals surface area contributed by atoms with Gasteiger partial charge in [-0.1, -0.05) is 42.5 Å². The number of carbonyl (C=O) groups excluding carboxylic acids is 1. The monoisotopic (exact) mass is 506 g/mol. The number of pyridine rings is 1. The molecule has 2 heterocycles. The molecule has 1 aromatic heterocycles. The van der Waals surface area contributed by atoms with Crippen molar-refractivity contribution < 1.29 is 14.3 Å². The van der Waals surface area contributed by atoms with E-state index in [0.29, 0.717) is 19.5 Å². The van der Waals surface area contributed by atoms with Gasteiger partial charge in [-0.05, 0) is 96.3 Å². The Bertz CT molecular complexity index is 1430. The maximum atomic E-state index is 14.3. The van der Waals surface area contributed by atoms with E-state index in [-0.39, 0.29) is 12.0 Å². The number of carbonyl (C=O) groups is 1. The highest BCUT2D eigenvalue weighted by atomic mass is 16.5. The van der Waals surface area contributed by atoms with E-state index >= 15 is 0 Å². The number of likely N-dealkylation sites (tertiary alicyclic amines) is 1. The number of hydrogen-bond donors (Lipinski definition) is 0. The van der Waals surface area contributed by atoms with Gasteiger partial charge in [0.25, 0.3) is 0 Å². The maximum Gasteiger partial charge on any atom is 0.233 e. The molecular weight excluding hydrogens is 472 g/mol. The molecule has 0 bridgehead atoms. The molecule has 2 aliphatic rings. The lowest BCUT2D eigenvalue weighted by Crippen LogP contribution is -2.39. The molecule has 1 aliphatic carbocycles. The molecule has 6 rings (SSSR count). The van der Waals surface area contributed by atoms with Crippen molar-refractivity contribution in [3.05, 3.63) is 102 Å². The first-order chi connectivity index (χ1) is 18.6. The molecule has 1 aliphatic heterocycles. The molecule has 5 heteroatoms. The zero-order chi connectivity index (χ0) is 26.0. The smallest absolute Gasteiger partial charge is 0.233 e. The lowest BCUT2D eigenvalue weighted by atomic mass is 9.74. The fourth-order valence-corrected chi connectivity index (χ4v) is 6.18. The van der Waals surface area contributed by atoms with Crippen LogP contribution in [0.2, 0.25) is 0 Å². The molecule has 0 radical (unpaired) electrons. The van der Waals surface area contributed by atoms with Crippen molar-refractivity contribution in [1.82, 2.24) is 9.88 Å². The van der Waals surface area contributed by atoms with E-state index in [1.165, 1.54) is 23.6 Å². The average molecular weight is 507 g/mol. The zero-order valence-electron chi connectivity index (χ0n) is 21.9. The molecule has 0 N–H and O–H groups in total.